The number of carboxylic acids is 1. The summed E-state index contributed by atoms with van der Waals surface area (Å²) in [5, 5.41) is 11.4. The average molecular weight is 225 g/mol. The van der Waals surface area contributed by atoms with E-state index in [2.05, 4.69) is 15.3 Å². The fourth-order valence-electron chi connectivity index (χ4n) is 1.19. The molecule has 0 aliphatic heterocycles. The van der Waals surface area contributed by atoms with Crippen molar-refractivity contribution < 1.29 is 14.7 Å². The van der Waals surface area contributed by atoms with Gasteiger partial charge in [0.1, 0.15) is 0 Å². The van der Waals surface area contributed by atoms with Gasteiger partial charge in [0, 0.05) is 6.54 Å². The van der Waals surface area contributed by atoms with E-state index >= 15 is 0 Å². The minimum Gasteiger partial charge on any atom is -0.477 e. The third-order valence-electron chi connectivity index (χ3n) is 2.08. The quantitative estimate of drug-likeness (QED) is 0.693. The molecule has 0 fully saturated rings. The van der Waals surface area contributed by atoms with Crippen molar-refractivity contribution in [2.45, 2.75) is 20.3 Å². The highest BCUT2D eigenvalue weighted by Gasteiger charge is 2.18. The highest BCUT2D eigenvalue weighted by Crippen LogP contribution is 2.03. The molecular formula is C10H15N3O3. The number of aromatic amines is 1. The van der Waals surface area contributed by atoms with Gasteiger partial charge in [-0.1, -0.05) is 13.8 Å². The number of aromatic carboxylic acids is 1. The van der Waals surface area contributed by atoms with E-state index in [0.717, 1.165) is 6.42 Å². The number of carbonyl (C=O) groups is 2. The number of rotatable bonds is 5. The molecule has 0 radical (unpaired) electrons. The van der Waals surface area contributed by atoms with Crippen LogP contribution in [0, 0.1) is 5.92 Å². The van der Waals surface area contributed by atoms with Crippen molar-refractivity contribution in [2.24, 2.45) is 5.92 Å². The number of nitrogens with one attached hydrogen (secondary N) is 2. The van der Waals surface area contributed by atoms with E-state index in [4.69, 9.17) is 5.11 Å². The molecule has 1 aromatic heterocycles. The summed E-state index contributed by atoms with van der Waals surface area (Å²) in [6, 6.07) is 0. The third kappa shape index (κ3) is 3.08. The number of hydrogen-bond acceptors (Lipinski definition) is 3. The van der Waals surface area contributed by atoms with Crippen LogP contribution in [0.3, 0.4) is 0 Å². The smallest absolute Gasteiger partial charge is 0.354 e. The van der Waals surface area contributed by atoms with E-state index in [1.165, 1.54) is 6.33 Å². The second-order valence-corrected chi connectivity index (χ2v) is 3.87. The third-order valence-corrected chi connectivity index (χ3v) is 2.08. The predicted octanol–water partition coefficient (Wildman–Crippen LogP) is 0.884. The van der Waals surface area contributed by atoms with Gasteiger partial charge < -0.3 is 15.4 Å². The summed E-state index contributed by atoms with van der Waals surface area (Å²) >= 11 is 0. The Labute approximate surface area is 93.1 Å². The van der Waals surface area contributed by atoms with Gasteiger partial charge in [0.15, 0.2) is 11.4 Å². The summed E-state index contributed by atoms with van der Waals surface area (Å²) in [5.41, 5.74) is -0.252. The van der Waals surface area contributed by atoms with Crippen LogP contribution in [0.4, 0.5) is 0 Å². The van der Waals surface area contributed by atoms with Crippen molar-refractivity contribution in [1.82, 2.24) is 15.3 Å². The van der Waals surface area contributed by atoms with Crippen molar-refractivity contribution in [3.8, 4) is 0 Å². The fraction of sp³-hybridized carbons (Fsp3) is 0.500. The first-order valence-electron chi connectivity index (χ1n) is 5.07. The van der Waals surface area contributed by atoms with Gasteiger partial charge in [-0.3, -0.25) is 4.79 Å². The number of amides is 1. The zero-order valence-corrected chi connectivity index (χ0v) is 9.28. The largest absolute Gasteiger partial charge is 0.477 e. The molecule has 0 aromatic carbocycles. The van der Waals surface area contributed by atoms with Crippen LogP contribution in [0.2, 0.25) is 0 Å². The number of hydrogen-bond donors (Lipinski definition) is 3. The average Bonchev–Trinajstić information content (AvgIpc) is 2.65. The molecule has 0 spiro atoms. The lowest BCUT2D eigenvalue weighted by Crippen LogP contribution is -2.27. The van der Waals surface area contributed by atoms with Crippen molar-refractivity contribution in [1.29, 1.82) is 0 Å². The SMILES string of the molecule is CC(C)CCNC(=O)c1nc[nH]c1C(=O)O. The summed E-state index contributed by atoms with van der Waals surface area (Å²) < 4.78 is 0. The van der Waals surface area contributed by atoms with Gasteiger partial charge in [0.05, 0.1) is 6.33 Å². The van der Waals surface area contributed by atoms with Gasteiger partial charge >= 0.3 is 5.97 Å². The zero-order valence-electron chi connectivity index (χ0n) is 9.28. The first-order chi connectivity index (χ1) is 7.52. The first kappa shape index (κ1) is 12.2. The molecule has 3 N–H and O–H groups in total. The van der Waals surface area contributed by atoms with E-state index < -0.39 is 11.9 Å². The number of imidazole rings is 1. The van der Waals surface area contributed by atoms with Crippen LogP contribution < -0.4 is 5.32 Å². The molecule has 0 bridgehead atoms. The second kappa shape index (κ2) is 5.29. The molecule has 6 heteroatoms. The van der Waals surface area contributed by atoms with Gasteiger partial charge in [0.2, 0.25) is 0 Å². The Kier molecular flexibility index (Phi) is 4.04. The fourth-order valence-corrected chi connectivity index (χ4v) is 1.19. The monoisotopic (exact) mass is 225 g/mol. The molecule has 0 saturated heterocycles. The molecule has 0 atom stereocenters. The number of H-pyrrole nitrogens is 1. The highest BCUT2D eigenvalue weighted by molar-refractivity contribution is 6.02. The van der Waals surface area contributed by atoms with Crippen molar-refractivity contribution in [2.75, 3.05) is 6.54 Å². The van der Waals surface area contributed by atoms with Crippen molar-refractivity contribution in [3.05, 3.63) is 17.7 Å². The molecular weight excluding hydrogens is 210 g/mol. The maximum Gasteiger partial charge on any atom is 0.354 e. The second-order valence-electron chi connectivity index (χ2n) is 3.87. The van der Waals surface area contributed by atoms with E-state index in [1.807, 2.05) is 13.8 Å². The molecule has 1 rings (SSSR count). The Bertz CT molecular complexity index is 384. The van der Waals surface area contributed by atoms with Gasteiger partial charge in [-0.2, -0.15) is 0 Å². The highest BCUT2D eigenvalue weighted by atomic mass is 16.4. The molecule has 0 saturated carbocycles. The minimum atomic E-state index is -1.19. The normalized spacial score (nSPS) is 10.4. The summed E-state index contributed by atoms with van der Waals surface area (Å²) in [6.45, 7) is 4.61. The van der Waals surface area contributed by atoms with Crippen LogP contribution in [0.5, 0.6) is 0 Å². The zero-order chi connectivity index (χ0) is 12.1. The minimum absolute atomic E-state index is 0.0729. The van der Waals surface area contributed by atoms with Gasteiger partial charge in [-0.05, 0) is 12.3 Å². The van der Waals surface area contributed by atoms with Crippen LogP contribution in [0.1, 0.15) is 41.2 Å². The molecule has 1 amide bonds. The van der Waals surface area contributed by atoms with E-state index in [-0.39, 0.29) is 11.4 Å². The summed E-state index contributed by atoms with van der Waals surface area (Å²) in [5.74, 6) is -1.16. The van der Waals surface area contributed by atoms with Crippen molar-refractivity contribution in [3.63, 3.8) is 0 Å². The van der Waals surface area contributed by atoms with Crippen LogP contribution in [-0.4, -0.2) is 33.5 Å². The molecule has 1 aromatic rings. The number of carboxylic acid groups (broad SMARTS) is 1. The van der Waals surface area contributed by atoms with Crippen molar-refractivity contribution >= 4 is 11.9 Å². The molecule has 88 valence electrons. The van der Waals surface area contributed by atoms with Crippen LogP contribution in [-0.2, 0) is 0 Å². The molecule has 6 nitrogen and oxygen atoms in total. The van der Waals surface area contributed by atoms with E-state index in [1.54, 1.807) is 0 Å². The Morgan fingerprint density at radius 1 is 1.56 bits per heavy atom. The van der Waals surface area contributed by atoms with Gasteiger partial charge in [0.25, 0.3) is 5.91 Å². The molecule has 0 aliphatic carbocycles. The van der Waals surface area contributed by atoms with Gasteiger partial charge in [-0.15, -0.1) is 0 Å². The van der Waals surface area contributed by atoms with Crippen LogP contribution >= 0.6 is 0 Å². The lowest BCUT2D eigenvalue weighted by atomic mass is 10.1. The Hall–Kier alpha value is -1.85. The Balaban J connectivity index is 2.59. The lowest BCUT2D eigenvalue weighted by molar-refractivity contribution is 0.0685. The number of aromatic nitrogens is 2. The van der Waals surface area contributed by atoms with E-state index in [0.29, 0.717) is 12.5 Å². The number of carbonyl (C=O) groups excluding carboxylic acids is 1. The first-order valence-corrected chi connectivity index (χ1v) is 5.07. The molecule has 0 unspecified atom stereocenters. The van der Waals surface area contributed by atoms with Crippen LogP contribution in [0.15, 0.2) is 6.33 Å². The molecule has 1 heterocycles. The standard InChI is InChI=1S/C10H15N3O3/c1-6(2)3-4-11-9(14)7-8(10(15)16)13-5-12-7/h5-6H,3-4H2,1-2H3,(H,11,14)(H,12,13)(H,15,16). The molecule has 0 aliphatic rings. The number of nitrogens with zero attached hydrogens (tertiary/aromatic N) is 1. The predicted molar refractivity (Wildman–Crippen MR) is 57.3 cm³/mol. The summed E-state index contributed by atoms with van der Waals surface area (Å²) in [4.78, 5) is 28.4. The maximum atomic E-state index is 11.6. The molecule has 16 heavy (non-hydrogen) atoms. The maximum absolute atomic E-state index is 11.6. The lowest BCUT2D eigenvalue weighted by Gasteiger charge is -2.05. The van der Waals surface area contributed by atoms with Gasteiger partial charge in [-0.25, -0.2) is 9.78 Å². The summed E-state index contributed by atoms with van der Waals surface area (Å²) in [7, 11) is 0. The summed E-state index contributed by atoms with van der Waals surface area (Å²) in [6.07, 6.45) is 2.04. The van der Waals surface area contributed by atoms with Crippen LogP contribution in [0.25, 0.3) is 0 Å². The van der Waals surface area contributed by atoms with E-state index in [9.17, 15) is 9.59 Å². The Morgan fingerprint density at radius 3 is 2.81 bits per heavy atom. The Morgan fingerprint density at radius 2 is 2.25 bits per heavy atom. The topological polar surface area (TPSA) is 95.1 Å².